The maximum absolute atomic E-state index is 13.5. The number of hydrogen-bond acceptors (Lipinski definition) is 9. The van der Waals surface area contributed by atoms with E-state index >= 15 is 0 Å². The maximum atomic E-state index is 13.5. The molecule has 3 rings (SSSR count). The predicted octanol–water partition coefficient (Wildman–Crippen LogP) is 8.63. The summed E-state index contributed by atoms with van der Waals surface area (Å²) >= 11 is 0. The van der Waals surface area contributed by atoms with E-state index in [4.69, 9.17) is 17.2 Å². The summed E-state index contributed by atoms with van der Waals surface area (Å²) in [4.78, 5) is 76.0. The highest BCUT2D eigenvalue weighted by atomic mass is 16.6. The van der Waals surface area contributed by atoms with Crippen LogP contribution in [0.4, 0.5) is 4.79 Å². The third-order valence-corrected chi connectivity index (χ3v) is 10.7. The number of ketones is 4. The first-order valence-corrected chi connectivity index (χ1v) is 20.8. The second-order valence-corrected chi connectivity index (χ2v) is 21.6. The monoisotopic (exact) mass is 785 g/mol. The van der Waals surface area contributed by atoms with E-state index in [2.05, 4.69) is 12.2 Å². The van der Waals surface area contributed by atoms with Gasteiger partial charge in [0.05, 0.1) is 19.6 Å². The quantitative estimate of drug-likeness (QED) is 0.100. The van der Waals surface area contributed by atoms with E-state index in [1.54, 1.807) is 27.6 Å². The summed E-state index contributed by atoms with van der Waals surface area (Å²) in [7, 11) is 6.22. The van der Waals surface area contributed by atoms with Crippen molar-refractivity contribution >= 4 is 50.1 Å². The van der Waals surface area contributed by atoms with Gasteiger partial charge < -0.3 is 19.9 Å². The number of amides is 1. The van der Waals surface area contributed by atoms with E-state index in [1.807, 2.05) is 62.3 Å². The van der Waals surface area contributed by atoms with Gasteiger partial charge in [0.1, 0.15) is 17.3 Å². The number of aliphatic hydroxyl groups is 1. The van der Waals surface area contributed by atoms with Crippen LogP contribution in [0.25, 0.3) is 0 Å². The number of carbonyl (C=O) groups is 6. The number of Topliss-reactive ketones (excluding diaryl/α,β-unsaturated/α-hetero) is 4. The average molecular weight is 785 g/mol. The molecular formula is C44H76B2NO9. The van der Waals surface area contributed by atoms with E-state index in [-0.39, 0.29) is 58.8 Å². The normalized spacial score (nSPS) is 19.4. The summed E-state index contributed by atoms with van der Waals surface area (Å²) in [6, 6.07) is -0.712. The maximum Gasteiger partial charge on any atom is 0.408 e. The summed E-state index contributed by atoms with van der Waals surface area (Å²) < 4.78 is 10.7. The lowest BCUT2D eigenvalue weighted by molar-refractivity contribution is -0.165. The molecule has 1 unspecified atom stereocenters. The molecule has 10 nitrogen and oxygen atoms in total. The molecule has 0 aromatic rings. The Morgan fingerprint density at radius 2 is 1.16 bits per heavy atom. The summed E-state index contributed by atoms with van der Waals surface area (Å²) in [5.41, 5.74) is -3.17. The van der Waals surface area contributed by atoms with Gasteiger partial charge in [0.25, 0.3) is 0 Å². The minimum Gasteiger partial charge on any atom is -0.460 e. The summed E-state index contributed by atoms with van der Waals surface area (Å²) in [5.74, 6) is -1.45. The van der Waals surface area contributed by atoms with Gasteiger partial charge in [0.15, 0.2) is 17.3 Å². The number of hydrogen-bond donors (Lipinski definition) is 2. The fraction of sp³-hybridized carbons (Fsp3) is 0.864. The van der Waals surface area contributed by atoms with Crippen LogP contribution in [0.15, 0.2) is 0 Å². The van der Waals surface area contributed by atoms with Gasteiger partial charge in [0, 0.05) is 37.8 Å². The molecule has 0 spiro atoms. The summed E-state index contributed by atoms with van der Waals surface area (Å²) in [6.45, 7) is 26.4. The highest BCUT2D eigenvalue weighted by Crippen LogP contribution is 2.49. The highest BCUT2D eigenvalue weighted by molar-refractivity contribution is 6.88. The Bertz CT molecular complexity index is 1350. The van der Waals surface area contributed by atoms with Crippen molar-refractivity contribution in [3.05, 3.63) is 0 Å². The molecule has 0 aromatic heterocycles. The molecule has 56 heavy (non-hydrogen) atoms. The van der Waals surface area contributed by atoms with Gasteiger partial charge in [-0.2, -0.15) is 0 Å². The lowest BCUT2D eigenvalue weighted by Crippen LogP contribution is -2.50. The second kappa shape index (κ2) is 20.5. The highest BCUT2D eigenvalue weighted by Gasteiger charge is 2.50. The van der Waals surface area contributed by atoms with Gasteiger partial charge in [-0.1, -0.05) is 74.1 Å². The molecule has 0 saturated heterocycles. The fourth-order valence-electron chi connectivity index (χ4n) is 7.83. The Morgan fingerprint density at radius 1 is 0.696 bits per heavy atom. The smallest absolute Gasteiger partial charge is 0.408 e. The van der Waals surface area contributed by atoms with Crippen LogP contribution in [-0.4, -0.2) is 78.6 Å². The Kier molecular flexibility index (Phi) is 18.8. The third-order valence-electron chi connectivity index (χ3n) is 10.7. The van der Waals surface area contributed by atoms with Gasteiger partial charge in [0.2, 0.25) is 5.78 Å². The van der Waals surface area contributed by atoms with Crippen LogP contribution in [-0.2, 0) is 33.4 Å². The first kappa shape index (κ1) is 51.5. The molecule has 3 fully saturated rings. The first-order valence-electron chi connectivity index (χ1n) is 20.8. The minimum absolute atomic E-state index is 0.0122. The first-order chi connectivity index (χ1) is 25.3. The van der Waals surface area contributed by atoms with Crippen molar-refractivity contribution in [3.8, 4) is 0 Å². The van der Waals surface area contributed by atoms with Crippen LogP contribution in [0, 0.1) is 27.1 Å². The van der Waals surface area contributed by atoms with Crippen molar-refractivity contribution in [1.29, 1.82) is 0 Å². The Morgan fingerprint density at radius 3 is 1.54 bits per heavy atom. The molecule has 0 aromatic carbocycles. The second-order valence-electron chi connectivity index (χ2n) is 21.6. The molecule has 12 heteroatoms. The standard InChI is InChI=1S/C26H43NO5.C17H30O4.CH3B2/c1-23(2,3)16-20(29)21(30)26(13-10-14-26)17-19(28)18(15-25(7)11-8-9-12-25)27-22(31)32-24(4,5)6;1-15(2,3)10-12(18)14(20)17(8-7-9-17)11-13(19)21-16(4,5)6;1-3-2/h18H,8-17H2,1-7H3,(H,27,31);14,20H,7-11H2,1-6H3;1H3/t18-;;/m0../s1. The van der Waals surface area contributed by atoms with Crippen molar-refractivity contribution in [2.24, 2.45) is 27.1 Å². The zero-order valence-corrected chi connectivity index (χ0v) is 37.6. The molecule has 3 aliphatic rings. The molecule has 317 valence electrons. The van der Waals surface area contributed by atoms with E-state index in [0.717, 1.165) is 38.5 Å². The molecule has 0 bridgehead atoms. The molecule has 3 aliphatic carbocycles. The predicted molar refractivity (Wildman–Crippen MR) is 224 cm³/mol. The van der Waals surface area contributed by atoms with Crippen LogP contribution in [0.3, 0.4) is 0 Å². The van der Waals surface area contributed by atoms with Gasteiger partial charge >= 0.3 is 12.1 Å². The third kappa shape index (κ3) is 18.0. The van der Waals surface area contributed by atoms with Gasteiger partial charge in [-0.25, -0.2) is 4.79 Å². The largest absolute Gasteiger partial charge is 0.460 e. The molecule has 0 heterocycles. The molecular weight excluding hydrogens is 708 g/mol. The molecule has 1 amide bonds. The Hall–Kier alpha value is -2.49. The van der Waals surface area contributed by atoms with Crippen molar-refractivity contribution in [2.75, 3.05) is 0 Å². The fourth-order valence-corrected chi connectivity index (χ4v) is 7.83. The number of esters is 1. The van der Waals surface area contributed by atoms with E-state index in [9.17, 15) is 33.9 Å². The van der Waals surface area contributed by atoms with E-state index in [0.29, 0.717) is 38.5 Å². The summed E-state index contributed by atoms with van der Waals surface area (Å²) in [5, 5.41) is 13.2. The summed E-state index contributed by atoms with van der Waals surface area (Å²) in [6.07, 6.45) is 8.10. The molecule has 0 aliphatic heterocycles. The van der Waals surface area contributed by atoms with Crippen LogP contribution < -0.4 is 5.32 Å². The number of ether oxygens (including phenoxy) is 2. The average Bonchev–Trinajstić information content (AvgIpc) is 3.38. The van der Waals surface area contributed by atoms with Gasteiger partial charge in [-0.15, -0.1) is 6.82 Å². The number of alkyl carbamates (subject to hydrolysis) is 1. The van der Waals surface area contributed by atoms with Gasteiger partial charge in [-0.3, -0.25) is 24.0 Å². The van der Waals surface area contributed by atoms with E-state index < -0.39 is 46.1 Å². The van der Waals surface area contributed by atoms with Crippen LogP contribution in [0.5, 0.6) is 0 Å². The Balaban J connectivity index is 0.000000564. The van der Waals surface area contributed by atoms with Crippen molar-refractivity contribution in [3.63, 3.8) is 0 Å². The topological polar surface area (TPSA) is 153 Å². The number of nitrogens with one attached hydrogen (secondary N) is 1. The van der Waals surface area contributed by atoms with Crippen molar-refractivity contribution < 1.29 is 43.3 Å². The van der Waals surface area contributed by atoms with Crippen molar-refractivity contribution in [2.45, 2.75) is 216 Å². The van der Waals surface area contributed by atoms with Crippen molar-refractivity contribution in [1.82, 2.24) is 5.32 Å². The molecule has 2 atom stereocenters. The zero-order valence-electron chi connectivity index (χ0n) is 37.6. The van der Waals surface area contributed by atoms with Crippen LogP contribution >= 0.6 is 0 Å². The van der Waals surface area contributed by atoms with Crippen LogP contribution in [0.1, 0.15) is 186 Å². The number of rotatable bonds is 14. The lowest BCUT2D eigenvalue weighted by atomic mass is 9.59. The SMILES string of the molecule is CC(C)(C)CC(=O)C(=O)C1(CC(=O)[C@H](CC2(C)CCCC2)NC(=O)OC(C)(C)C)CCC1.CC(C)(C)CC(=O)C(O)C1(CC(=O)OC(C)(C)C)CCC1.[B][B]C. The Labute approximate surface area is 341 Å². The van der Waals surface area contributed by atoms with Crippen LogP contribution in [0.2, 0.25) is 6.82 Å². The van der Waals surface area contributed by atoms with Gasteiger partial charge in [-0.05, 0) is 103 Å². The molecule has 3 saturated carbocycles. The number of aliphatic hydroxyl groups excluding tert-OH is 1. The number of carbonyl (C=O) groups excluding carboxylic acids is 6. The lowest BCUT2D eigenvalue weighted by Gasteiger charge is -2.45. The zero-order chi connectivity index (χ0) is 43.6. The molecule has 2 N–H and O–H groups in total. The van der Waals surface area contributed by atoms with E-state index in [1.165, 1.54) is 7.17 Å². The minimum atomic E-state index is -1.06. The molecule has 3 radical (unpaired) electrons.